The van der Waals surface area contributed by atoms with Gasteiger partial charge in [0.25, 0.3) is 0 Å². The zero-order valence-corrected chi connectivity index (χ0v) is 9.43. The average molecular weight is 250 g/mol. The van der Waals surface area contributed by atoms with E-state index in [-0.39, 0.29) is 11.0 Å². The van der Waals surface area contributed by atoms with E-state index in [0.29, 0.717) is 17.9 Å². The molecule has 0 aliphatic heterocycles. The van der Waals surface area contributed by atoms with Crippen LogP contribution in [0.3, 0.4) is 0 Å². The van der Waals surface area contributed by atoms with E-state index in [1.807, 2.05) is 6.07 Å². The van der Waals surface area contributed by atoms with Gasteiger partial charge in [0.1, 0.15) is 0 Å². The lowest BCUT2D eigenvalue weighted by atomic mass is 10.2. The zero-order valence-electron chi connectivity index (χ0n) is 8.62. The average Bonchev–Trinajstić information content (AvgIpc) is 2.65. The minimum absolute atomic E-state index is 0.162. The summed E-state index contributed by atoms with van der Waals surface area (Å²) in [5.74, 6) is -0.275. The van der Waals surface area contributed by atoms with E-state index in [2.05, 4.69) is 10.2 Å². The molecule has 16 heavy (non-hydrogen) atoms. The smallest absolute Gasteiger partial charge is 0.348 e. The third-order valence-electron chi connectivity index (χ3n) is 1.75. The minimum Gasteiger partial charge on any atom is -0.348 e. The molecule has 0 aliphatic rings. The molecule has 0 radical (unpaired) electrons. The Balaban J connectivity index is 2.75. The summed E-state index contributed by atoms with van der Waals surface area (Å²) in [5, 5.41) is 14.3. The lowest BCUT2D eigenvalue weighted by molar-refractivity contribution is -0.138. The predicted octanol–water partition coefficient (Wildman–Crippen LogP) is 2.15. The molecule has 0 saturated heterocycles. The topological polar surface area (TPSA) is 52.8 Å². The third kappa shape index (κ3) is 3.06. The third-order valence-corrected chi connectivity index (χ3v) is 2.83. The lowest BCUT2D eigenvalue weighted by Crippen LogP contribution is -2.22. The first-order valence-corrected chi connectivity index (χ1v) is 5.17. The van der Waals surface area contributed by atoms with Gasteiger partial charge in [-0.25, -0.2) is 0 Å². The van der Waals surface area contributed by atoms with Gasteiger partial charge in [-0.1, -0.05) is 11.3 Å². The fourth-order valence-corrected chi connectivity index (χ4v) is 1.70. The highest BCUT2D eigenvalue weighted by Crippen LogP contribution is 2.34. The molecule has 88 valence electrons. The normalized spacial score (nSPS) is 13.2. The molecular formula is C8H9F3N4S. The maximum atomic E-state index is 12.2. The van der Waals surface area contributed by atoms with Gasteiger partial charge < -0.3 is 4.90 Å². The lowest BCUT2D eigenvalue weighted by Gasteiger charge is -2.15. The molecule has 0 bridgehead atoms. The number of hydrogen-bond acceptors (Lipinski definition) is 5. The van der Waals surface area contributed by atoms with Gasteiger partial charge in [-0.15, -0.1) is 10.2 Å². The molecule has 0 amide bonds. The van der Waals surface area contributed by atoms with Gasteiger partial charge in [0.05, 0.1) is 12.0 Å². The minimum atomic E-state index is -4.46. The second kappa shape index (κ2) is 4.65. The Morgan fingerprint density at radius 2 is 2.12 bits per heavy atom. The van der Waals surface area contributed by atoms with Crippen LogP contribution in [0.15, 0.2) is 0 Å². The first-order valence-electron chi connectivity index (χ1n) is 4.36. The quantitative estimate of drug-likeness (QED) is 0.824. The van der Waals surface area contributed by atoms with Gasteiger partial charge in [0.2, 0.25) is 10.1 Å². The van der Waals surface area contributed by atoms with Crippen LogP contribution in [0.4, 0.5) is 18.3 Å². The van der Waals surface area contributed by atoms with Gasteiger partial charge in [0.15, 0.2) is 0 Å². The summed E-state index contributed by atoms with van der Waals surface area (Å²) in [4.78, 5) is 1.49. The molecule has 0 aliphatic carbocycles. The first kappa shape index (κ1) is 12.7. The van der Waals surface area contributed by atoms with Crippen LogP contribution in [-0.2, 0) is 6.18 Å². The molecular weight excluding hydrogens is 241 g/mol. The monoisotopic (exact) mass is 250 g/mol. The zero-order chi connectivity index (χ0) is 12.3. The Labute approximate surface area is 94.3 Å². The number of alkyl halides is 3. The van der Waals surface area contributed by atoms with E-state index in [0.717, 1.165) is 0 Å². The van der Waals surface area contributed by atoms with Crippen molar-refractivity contribution in [2.75, 3.05) is 18.5 Å². The summed E-state index contributed by atoms with van der Waals surface area (Å²) in [6, 6.07) is 2.00. The fraction of sp³-hybridized carbons (Fsp3) is 0.625. The van der Waals surface area contributed by atoms with Gasteiger partial charge >= 0.3 is 6.18 Å². The van der Waals surface area contributed by atoms with Crippen LogP contribution < -0.4 is 4.90 Å². The van der Waals surface area contributed by atoms with Crippen LogP contribution >= 0.6 is 11.3 Å². The van der Waals surface area contributed by atoms with Crippen LogP contribution in [0.5, 0.6) is 0 Å². The van der Waals surface area contributed by atoms with Crippen LogP contribution in [0.1, 0.15) is 11.9 Å². The molecule has 0 fully saturated rings. The molecule has 1 heterocycles. The van der Waals surface area contributed by atoms with E-state index in [9.17, 15) is 13.2 Å². The number of hydrogen-bond donors (Lipinski definition) is 0. The van der Waals surface area contributed by atoms with Gasteiger partial charge in [-0.2, -0.15) is 18.4 Å². The molecule has 0 N–H and O–H groups in total. The summed E-state index contributed by atoms with van der Waals surface area (Å²) in [6.07, 6.45) is -4.46. The number of halogens is 3. The molecule has 1 rings (SSSR count). The second-order valence-corrected chi connectivity index (χ2v) is 4.25. The van der Waals surface area contributed by atoms with E-state index >= 15 is 0 Å². The van der Waals surface area contributed by atoms with Crippen LogP contribution in [0.25, 0.3) is 0 Å². The van der Waals surface area contributed by atoms with Crippen molar-refractivity contribution in [2.24, 2.45) is 5.92 Å². The molecule has 4 nitrogen and oxygen atoms in total. The van der Waals surface area contributed by atoms with E-state index in [1.165, 1.54) is 4.90 Å². The van der Waals surface area contributed by atoms with Crippen molar-refractivity contribution in [3.8, 4) is 6.07 Å². The summed E-state index contributed by atoms with van der Waals surface area (Å²) in [7, 11) is 1.58. The SMILES string of the molecule is CC(C#N)CN(C)c1nnc(C(F)(F)F)s1. The maximum Gasteiger partial charge on any atom is 0.445 e. The number of nitriles is 1. The number of nitrogens with zero attached hydrogens (tertiary/aromatic N) is 4. The first-order chi connectivity index (χ1) is 7.34. The van der Waals surface area contributed by atoms with Gasteiger partial charge in [0, 0.05) is 13.6 Å². The molecule has 0 spiro atoms. The van der Waals surface area contributed by atoms with Crippen LogP contribution in [0.2, 0.25) is 0 Å². The highest BCUT2D eigenvalue weighted by atomic mass is 32.1. The Morgan fingerprint density at radius 3 is 2.56 bits per heavy atom. The fourth-order valence-electron chi connectivity index (χ4n) is 1.01. The Bertz CT molecular complexity index is 395. The Hall–Kier alpha value is -1.36. The van der Waals surface area contributed by atoms with E-state index < -0.39 is 11.2 Å². The summed E-state index contributed by atoms with van der Waals surface area (Å²) in [5.41, 5.74) is 0. The summed E-state index contributed by atoms with van der Waals surface area (Å²) in [6.45, 7) is 2.01. The Kier molecular flexibility index (Phi) is 3.70. The van der Waals surface area contributed by atoms with Crippen molar-refractivity contribution in [3.63, 3.8) is 0 Å². The van der Waals surface area contributed by atoms with Crippen molar-refractivity contribution in [3.05, 3.63) is 5.01 Å². The van der Waals surface area contributed by atoms with Crippen LogP contribution in [0, 0.1) is 17.2 Å². The predicted molar refractivity (Wildman–Crippen MR) is 53.0 cm³/mol. The standard InChI is InChI=1S/C8H9F3N4S/c1-5(3-12)4-15(2)7-14-13-6(16-7)8(9,10)11/h5H,4H2,1-2H3. The Morgan fingerprint density at radius 1 is 1.50 bits per heavy atom. The van der Waals surface area contributed by atoms with Gasteiger partial charge in [-0.3, -0.25) is 0 Å². The van der Waals surface area contributed by atoms with E-state index in [4.69, 9.17) is 5.26 Å². The molecule has 1 atom stereocenters. The summed E-state index contributed by atoms with van der Waals surface area (Å²) >= 11 is 0.470. The molecule has 0 saturated carbocycles. The van der Waals surface area contributed by atoms with Crippen molar-refractivity contribution < 1.29 is 13.2 Å². The maximum absolute atomic E-state index is 12.2. The molecule has 1 aromatic rings. The van der Waals surface area contributed by atoms with Crippen molar-refractivity contribution in [2.45, 2.75) is 13.1 Å². The molecule has 8 heteroatoms. The highest BCUT2D eigenvalue weighted by Gasteiger charge is 2.36. The van der Waals surface area contributed by atoms with E-state index in [1.54, 1.807) is 14.0 Å². The van der Waals surface area contributed by atoms with Gasteiger partial charge in [-0.05, 0) is 6.92 Å². The van der Waals surface area contributed by atoms with Crippen molar-refractivity contribution in [1.82, 2.24) is 10.2 Å². The number of rotatable bonds is 3. The highest BCUT2D eigenvalue weighted by molar-refractivity contribution is 7.15. The van der Waals surface area contributed by atoms with Crippen molar-refractivity contribution >= 4 is 16.5 Å². The molecule has 0 aromatic carbocycles. The number of aromatic nitrogens is 2. The van der Waals surface area contributed by atoms with Crippen LogP contribution in [-0.4, -0.2) is 23.8 Å². The number of anilines is 1. The second-order valence-electron chi connectivity index (χ2n) is 3.30. The molecule has 1 unspecified atom stereocenters. The largest absolute Gasteiger partial charge is 0.445 e. The molecule has 1 aromatic heterocycles. The van der Waals surface area contributed by atoms with Crippen molar-refractivity contribution in [1.29, 1.82) is 5.26 Å². The summed E-state index contributed by atoms with van der Waals surface area (Å²) < 4.78 is 36.7.